The van der Waals surface area contributed by atoms with Gasteiger partial charge in [0.05, 0.1) is 5.69 Å². The number of tetrazole rings is 1. The third-order valence-corrected chi connectivity index (χ3v) is 8.20. The van der Waals surface area contributed by atoms with Gasteiger partial charge in [0.1, 0.15) is 17.1 Å². The molecule has 3 atom stereocenters. The van der Waals surface area contributed by atoms with Crippen molar-refractivity contribution in [3.63, 3.8) is 0 Å². The molecule has 1 unspecified atom stereocenters. The first-order valence-corrected chi connectivity index (χ1v) is 12.2. The number of aromatic nitrogens is 5. The molecule has 0 spiro atoms. The second kappa shape index (κ2) is 8.90. The van der Waals surface area contributed by atoms with Gasteiger partial charge in [-0.3, -0.25) is 14.5 Å². The number of thioether (sulfide) groups is 2. The fourth-order valence-electron chi connectivity index (χ4n) is 3.39. The van der Waals surface area contributed by atoms with E-state index >= 15 is 0 Å². The number of nitrogens with two attached hydrogens (primary N) is 2. The summed E-state index contributed by atoms with van der Waals surface area (Å²) in [5.41, 5.74) is 10.4. The van der Waals surface area contributed by atoms with Gasteiger partial charge in [0, 0.05) is 31.0 Å². The van der Waals surface area contributed by atoms with Crippen LogP contribution in [0.5, 0.6) is 0 Å². The molecule has 2 aliphatic rings. The van der Waals surface area contributed by atoms with Gasteiger partial charge in [0.15, 0.2) is 5.13 Å². The maximum absolute atomic E-state index is 13.2. The molecule has 0 aromatic carbocycles. The highest BCUT2D eigenvalue weighted by molar-refractivity contribution is 8.01. The van der Waals surface area contributed by atoms with Crippen molar-refractivity contribution in [3.05, 3.63) is 22.3 Å². The zero-order valence-corrected chi connectivity index (χ0v) is 19.7. The average Bonchev–Trinajstić information content (AvgIpc) is 3.41. The van der Waals surface area contributed by atoms with Crippen molar-refractivity contribution >= 4 is 57.8 Å². The second-order valence-corrected chi connectivity index (χ2v) is 9.89. The Labute approximate surface area is 199 Å². The van der Waals surface area contributed by atoms with Gasteiger partial charge in [-0.1, -0.05) is 11.8 Å². The van der Waals surface area contributed by atoms with E-state index in [1.807, 2.05) is 0 Å². The second-order valence-electron chi connectivity index (χ2n) is 6.99. The molecule has 176 valence electrons. The highest BCUT2D eigenvalue weighted by Crippen LogP contribution is 2.47. The number of aryl methyl sites for hydroxylation is 1. The van der Waals surface area contributed by atoms with Crippen molar-refractivity contribution in [2.45, 2.75) is 22.3 Å². The molecular weight excluding hydrogens is 494 g/mol. The van der Waals surface area contributed by atoms with Crippen LogP contribution in [0.2, 0.25) is 0 Å². The molecule has 0 radical (unpaired) electrons. The summed E-state index contributed by atoms with van der Waals surface area (Å²) in [7, 11) is 2.93. The van der Waals surface area contributed by atoms with Gasteiger partial charge in [-0.15, -0.1) is 28.2 Å². The van der Waals surface area contributed by atoms with E-state index < -0.39 is 34.9 Å². The van der Waals surface area contributed by atoms with Gasteiger partial charge in [-0.2, -0.15) is 0 Å². The summed E-state index contributed by atoms with van der Waals surface area (Å²) in [6.45, 7) is 0. The van der Waals surface area contributed by atoms with Crippen LogP contribution in [0.15, 0.2) is 21.8 Å². The minimum atomic E-state index is -1.76. The van der Waals surface area contributed by atoms with Crippen LogP contribution in [0.3, 0.4) is 0 Å². The Morgan fingerprint density at radius 2 is 2.27 bits per heavy atom. The number of anilines is 1. The Morgan fingerprint density at radius 1 is 1.52 bits per heavy atom. The summed E-state index contributed by atoms with van der Waals surface area (Å²) in [5, 5.41) is 25.0. The lowest BCUT2D eigenvalue weighted by Gasteiger charge is -2.56. The molecule has 2 aromatic heterocycles. The summed E-state index contributed by atoms with van der Waals surface area (Å²) >= 11 is 3.65. The molecule has 17 heteroatoms. The number of nitrogens with one attached hydrogen (secondary N) is 1. The molecule has 0 bridgehead atoms. The number of β-lactam (4-membered cyclic amide) rings is 1. The van der Waals surface area contributed by atoms with Crippen molar-refractivity contribution < 1.29 is 24.2 Å². The molecule has 6 N–H and O–H groups in total. The minimum Gasteiger partial charge on any atom is -0.477 e. The Bertz CT molecular complexity index is 1150. The van der Waals surface area contributed by atoms with Crippen molar-refractivity contribution in [1.29, 1.82) is 0 Å². The first-order chi connectivity index (χ1) is 15.7. The molecule has 2 aromatic rings. The lowest BCUT2D eigenvalue weighted by molar-refractivity contribution is -0.192. The molecule has 1 fully saturated rings. The van der Waals surface area contributed by atoms with Crippen molar-refractivity contribution in [2.75, 3.05) is 24.3 Å². The van der Waals surface area contributed by atoms with E-state index in [0.717, 1.165) is 16.2 Å². The van der Waals surface area contributed by atoms with E-state index in [4.69, 9.17) is 16.2 Å². The largest absolute Gasteiger partial charge is 0.477 e. The molecular formula is C16H19N9O5S3. The Hall–Kier alpha value is -2.73. The number of fused-ring (bicyclic) bond motifs is 1. The summed E-state index contributed by atoms with van der Waals surface area (Å²) in [4.78, 5) is 43.1. The van der Waals surface area contributed by atoms with E-state index in [-0.39, 0.29) is 22.3 Å². The van der Waals surface area contributed by atoms with Crippen molar-refractivity contribution in [2.24, 2.45) is 12.8 Å². The van der Waals surface area contributed by atoms with E-state index in [0.29, 0.717) is 16.5 Å². The first kappa shape index (κ1) is 23.4. The zero-order valence-electron chi connectivity index (χ0n) is 17.3. The molecule has 0 aliphatic carbocycles. The molecule has 33 heavy (non-hydrogen) atoms. The standard InChI is InChI=1S/C16H19N9O5S3/c1-24-15(21-22-23-24)33-4-6-3-31-13-16(30-2,12(29)25(13)9(6)11(27)28)20-10(26)8(17)7-5-32-14(18)19-7/h5,8,13H,3-4,17H2,1-2H3,(H2,18,19)(H,20,26)(H,27,28)/t8?,13-,16+/m1/s1. The number of carbonyl (C=O) groups is 3. The molecule has 2 aliphatic heterocycles. The number of methoxy groups -OCH3 is 1. The van der Waals surface area contributed by atoms with Crippen LogP contribution in [0.1, 0.15) is 11.7 Å². The summed E-state index contributed by atoms with van der Waals surface area (Å²) in [5.74, 6) is -2.11. The number of rotatable bonds is 8. The monoisotopic (exact) mass is 513 g/mol. The molecule has 2 amide bonds. The lowest BCUT2D eigenvalue weighted by Crippen LogP contribution is -2.81. The summed E-state index contributed by atoms with van der Waals surface area (Å²) in [6.07, 6.45) is 0. The number of aliphatic carboxylic acids is 1. The lowest BCUT2D eigenvalue weighted by atomic mass is 9.97. The van der Waals surface area contributed by atoms with E-state index in [1.54, 1.807) is 12.4 Å². The maximum atomic E-state index is 13.2. The van der Waals surface area contributed by atoms with Gasteiger partial charge in [-0.05, 0) is 16.0 Å². The predicted octanol–water partition coefficient (Wildman–Crippen LogP) is -1.25. The fraction of sp³-hybridized carbons (Fsp3) is 0.438. The van der Waals surface area contributed by atoms with E-state index in [9.17, 15) is 19.5 Å². The number of ether oxygens (including phenoxy) is 1. The molecule has 4 rings (SSSR count). The van der Waals surface area contributed by atoms with Crippen LogP contribution in [-0.2, 0) is 26.2 Å². The number of nitrogen functional groups attached to an aromatic ring is 1. The topological polar surface area (TPSA) is 204 Å². The number of carboxylic acids is 1. The van der Waals surface area contributed by atoms with Crippen LogP contribution in [0, 0.1) is 0 Å². The molecule has 1 saturated heterocycles. The number of hydrogen-bond acceptors (Lipinski definition) is 13. The summed E-state index contributed by atoms with van der Waals surface area (Å²) < 4.78 is 6.88. The normalized spacial score (nSPS) is 23.2. The SMILES string of the molecule is CO[C@@]1(NC(=O)C(N)c2csc(N)n2)C(=O)N2C(C(=O)O)=C(CSc3nnnn3C)CS[C@@H]21. The number of carbonyl (C=O) groups excluding carboxylic acids is 2. The Morgan fingerprint density at radius 3 is 2.85 bits per heavy atom. The maximum Gasteiger partial charge on any atom is 0.352 e. The third-order valence-electron chi connectivity index (χ3n) is 5.04. The molecule has 0 saturated carbocycles. The highest BCUT2D eigenvalue weighted by atomic mass is 32.2. The predicted molar refractivity (Wildman–Crippen MR) is 119 cm³/mol. The third kappa shape index (κ3) is 3.95. The van der Waals surface area contributed by atoms with Crippen LogP contribution in [0.25, 0.3) is 0 Å². The van der Waals surface area contributed by atoms with E-state index in [2.05, 4.69) is 25.8 Å². The number of carboxylic acid groups (broad SMARTS) is 1. The van der Waals surface area contributed by atoms with Gasteiger partial charge >= 0.3 is 5.97 Å². The Kier molecular flexibility index (Phi) is 6.32. The van der Waals surface area contributed by atoms with Crippen molar-refractivity contribution in [3.8, 4) is 0 Å². The number of thiazole rings is 1. The fourth-order valence-corrected chi connectivity index (χ4v) is 6.41. The van der Waals surface area contributed by atoms with Crippen LogP contribution in [-0.4, -0.2) is 82.7 Å². The Balaban J connectivity index is 1.55. The van der Waals surface area contributed by atoms with Crippen LogP contribution >= 0.6 is 34.9 Å². The first-order valence-electron chi connectivity index (χ1n) is 9.29. The van der Waals surface area contributed by atoms with Crippen LogP contribution in [0.4, 0.5) is 5.13 Å². The van der Waals surface area contributed by atoms with Crippen molar-refractivity contribution in [1.82, 2.24) is 35.4 Å². The van der Waals surface area contributed by atoms with Gasteiger partial charge in [0.25, 0.3) is 11.6 Å². The molecule has 4 heterocycles. The number of amides is 2. The molecule has 14 nitrogen and oxygen atoms in total. The van der Waals surface area contributed by atoms with Gasteiger partial charge < -0.3 is 26.6 Å². The average molecular weight is 514 g/mol. The van der Waals surface area contributed by atoms with E-state index in [1.165, 1.54) is 35.3 Å². The summed E-state index contributed by atoms with van der Waals surface area (Å²) in [6, 6.07) is -1.18. The van der Waals surface area contributed by atoms with Gasteiger partial charge in [0.2, 0.25) is 11.1 Å². The quantitative estimate of drug-likeness (QED) is 0.185. The highest BCUT2D eigenvalue weighted by Gasteiger charge is 2.66. The van der Waals surface area contributed by atoms with Crippen LogP contribution < -0.4 is 16.8 Å². The number of hydrogen-bond donors (Lipinski definition) is 4. The number of nitrogens with zero attached hydrogens (tertiary/aromatic N) is 6. The smallest absolute Gasteiger partial charge is 0.352 e. The zero-order chi connectivity index (χ0) is 23.9. The van der Waals surface area contributed by atoms with Gasteiger partial charge in [-0.25, -0.2) is 14.5 Å². The minimum absolute atomic E-state index is 0.148.